The van der Waals surface area contributed by atoms with Gasteiger partial charge in [-0.3, -0.25) is 4.99 Å². The highest BCUT2D eigenvalue weighted by Crippen LogP contribution is 2.32. The summed E-state index contributed by atoms with van der Waals surface area (Å²) in [4.78, 5) is 4.58. The molecule has 3 heteroatoms. The predicted octanol–water partition coefficient (Wildman–Crippen LogP) is 4.02. The Morgan fingerprint density at radius 2 is 1.65 bits per heavy atom. The first-order valence-electron chi connectivity index (χ1n) is 6.55. The van der Waals surface area contributed by atoms with E-state index in [-0.39, 0.29) is 0 Å². The molecule has 3 rings (SSSR count). The monoisotopic (exact) mass is 264 g/mol. The van der Waals surface area contributed by atoms with Crippen molar-refractivity contribution in [3.8, 4) is 5.75 Å². The van der Waals surface area contributed by atoms with Gasteiger partial charge in [-0.2, -0.15) is 0 Å². The van der Waals surface area contributed by atoms with Gasteiger partial charge in [-0.15, -0.1) is 0 Å². The van der Waals surface area contributed by atoms with Crippen molar-refractivity contribution in [2.45, 2.75) is 6.92 Å². The van der Waals surface area contributed by atoms with Crippen LogP contribution in [0.25, 0.3) is 10.9 Å². The highest BCUT2D eigenvalue weighted by Gasteiger charge is 2.15. The van der Waals surface area contributed by atoms with Crippen molar-refractivity contribution in [2.24, 2.45) is 12.0 Å². The molecule has 0 spiro atoms. The molecule has 0 unspecified atom stereocenters. The summed E-state index contributed by atoms with van der Waals surface area (Å²) in [6.07, 6.45) is 0. The third kappa shape index (κ3) is 1.97. The minimum atomic E-state index is 0.292. The summed E-state index contributed by atoms with van der Waals surface area (Å²) in [5, 5.41) is 11.3. The second-order valence-corrected chi connectivity index (χ2v) is 4.81. The van der Waals surface area contributed by atoms with Crippen LogP contribution < -0.4 is 0 Å². The molecule has 1 aromatic heterocycles. The van der Waals surface area contributed by atoms with Gasteiger partial charge >= 0.3 is 0 Å². The Morgan fingerprint density at radius 3 is 2.35 bits per heavy atom. The fourth-order valence-electron chi connectivity index (χ4n) is 2.54. The Morgan fingerprint density at radius 1 is 1.00 bits per heavy atom. The Labute approximate surface area is 117 Å². The molecule has 1 heterocycles. The van der Waals surface area contributed by atoms with Crippen LogP contribution in [0.15, 0.2) is 59.6 Å². The molecule has 0 saturated heterocycles. The highest BCUT2D eigenvalue weighted by atomic mass is 16.3. The van der Waals surface area contributed by atoms with Crippen LogP contribution in [0.1, 0.15) is 12.6 Å². The van der Waals surface area contributed by atoms with Gasteiger partial charge in [0.2, 0.25) is 0 Å². The minimum absolute atomic E-state index is 0.292. The second-order valence-electron chi connectivity index (χ2n) is 4.81. The molecule has 1 N–H and O–H groups in total. The molecule has 2 aromatic carbocycles. The summed E-state index contributed by atoms with van der Waals surface area (Å²) in [5.41, 5.74) is 3.44. The average molecular weight is 264 g/mol. The van der Waals surface area contributed by atoms with Crippen molar-refractivity contribution in [3.05, 3.63) is 60.3 Å². The fraction of sp³-hybridized carbons (Fsp3) is 0.118. The number of aryl methyl sites for hydroxylation is 1. The minimum Gasteiger partial charge on any atom is -0.505 e. The van der Waals surface area contributed by atoms with Crippen molar-refractivity contribution in [1.29, 1.82) is 0 Å². The van der Waals surface area contributed by atoms with Crippen LogP contribution in [-0.2, 0) is 7.05 Å². The van der Waals surface area contributed by atoms with Crippen LogP contribution >= 0.6 is 0 Å². The van der Waals surface area contributed by atoms with Gasteiger partial charge in [-0.1, -0.05) is 30.3 Å². The van der Waals surface area contributed by atoms with E-state index in [4.69, 9.17) is 0 Å². The predicted molar refractivity (Wildman–Crippen MR) is 82.9 cm³/mol. The van der Waals surface area contributed by atoms with Gasteiger partial charge in [0.1, 0.15) is 11.4 Å². The van der Waals surface area contributed by atoms with Crippen LogP contribution in [0, 0.1) is 0 Å². The SMILES string of the molecule is CC(=Nc1ccccc1)c1c(O)c2ccccc2n1C. The van der Waals surface area contributed by atoms with Gasteiger partial charge < -0.3 is 9.67 Å². The lowest BCUT2D eigenvalue weighted by molar-refractivity contribution is 0.478. The molecule has 0 bridgehead atoms. The summed E-state index contributed by atoms with van der Waals surface area (Å²) < 4.78 is 1.98. The van der Waals surface area contributed by atoms with E-state index >= 15 is 0 Å². The summed E-state index contributed by atoms with van der Waals surface area (Å²) in [7, 11) is 1.95. The number of para-hydroxylation sites is 2. The molecular weight excluding hydrogens is 248 g/mol. The summed E-state index contributed by atoms with van der Waals surface area (Å²) >= 11 is 0. The molecule has 100 valence electrons. The van der Waals surface area contributed by atoms with Crippen LogP contribution in [0.3, 0.4) is 0 Å². The number of hydrogen-bond acceptors (Lipinski definition) is 2. The molecule has 0 amide bonds. The first-order valence-corrected chi connectivity index (χ1v) is 6.55. The number of fused-ring (bicyclic) bond motifs is 1. The van der Waals surface area contributed by atoms with Crippen molar-refractivity contribution in [1.82, 2.24) is 4.57 Å². The number of benzene rings is 2. The number of aliphatic imine (C=N–C) groups is 1. The second kappa shape index (κ2) is 4.85. The molecule has 0 saturated carbocycles. The van der Waals surface area contributed by atoms with Crippen LogP contribution in [0.2, 0.25) is 0 Å². The van der Waals surface area contributed by atoms with E-state index in [1.807, 2.05) is 73.1 Å². The quantitative estimate of drug-likeness (QED) is 0.697. The van der Waals surface area contributed by atoms with E-state index in [0.29, 0.717) is 5.75 Å². The zero-order chi connectivity index (χ0) is 14.1. The summed E-state index contributed by atoms with van der Waals surface area (Å²) in [6, 6.07) is 17.6. The van der Waals surface area contributed by atoms with E-state index in [0.717, 1.165) is 28.0 Å². The molecule has 0 radical (unpaired) electrons. The van der Waals surface area contributed by atoms with Gasteiger partial charge in [0.05, 0.1) is 16.9 Å². The topological polar surface area (TPSA) is 37.5 Å². The average Bonchev–Trinajstić information content (AvgIpc) is 2.72. The van der Waals surface area contributed by atoms with Gasteiger partial charge in [-0.25, -0.2) is 0 Å². The van der Waals surface area contributed by atoms with E-state index in [2.05, 4.69) is 4.99 Å². The third-order valence-electron chi connectivity index (χ3n) is 3.48. The van der Waals surface area contributed by atoms with Gasteiger partial charge in [0.25, 0.3) is 0 Å². The van der Waals surface area contributed by atoms with E-state index in [1.165, 1.54) is 0 Å². The Bertz CT molecular complexity index is 746. The van der Waals surface area contributed by atoms with Gasteiger partial charge in [-0.05, 0) is 31.2 Å². The maximum Gasteiger partial charge on any atom is 0.150 e. The van der Waals surface area contributed by atoms with Crippen molar-refractivity contribution in [2.75, 3.05) is 0 Å². The normalized spacial score (nSPS) is 12.0. The first-order chi connectivity index (χ1) is 9.68. The van der Waals surface area contributed by atoms with E-state index in [9.17, 15) is 5.11 Å². The van der Waals surface area contributed by atoms with Gasteiger partial charge in [0, 0.05) is 12.4 Å². The molecule has 0 aliphatic carbocycles. The maximum atomic E-state index is 10.4. The molecule has 20 heavy (non-hydrogen) atoms. The fourth-order valence-corrected chi connectivity index (χ4v) is 2.54. The third-order valence-corrected chi connectivity index (χ3v) is 3.48. The zero-order valence-corrected chi connectivity index (χ0v) is 11.5. The molecule has 0 aliphatic rings. The van der Waals surface area contributed by atoms with Crippen LogP contribution in [-0.4, -0.2) is 15.4 Å². The Hall–Kier alpha value is -2.55. The number of aromatic nitrogens is 1. The van der Waals surface area contributed by atoms with E-state index in [1.54, 1.807) is 0 Å². The Balaban J connectivity index is 2.17. The number of rotatable bonds is 2. The van der Waals surface area contributed by atoms with Gasteiger partial charge in [0.15, 0.2) is 0 Å². The lowest BCUT2D eigenvalue weighted by Crippen LogP contribution is -2.02. The van der Waals surface area contributed by atoms with Crippen LogP contribution in [0.4, 0.5) is 5.69 Å². The molecule has 3 aromatic rings. The lowest BCUT2D eigenvalue weighted by atomic mass is 10.2. The molecule has 0 atom stereocenters. The number of nitrogens with zero attached hydrogens (tertiary/aromatic N) is 2. The van der Waals surface area contributed by atoms with Crippen molar-refractivity contribution >= 4 is 22.3 Å². The first kappa shape index (κ1) is 12.5. The van der Waals surface area contributed by atoms with Crippen molar-refractivity contribution in [3.63, 3.8) is 0 Å². The Kier molecular flexibility index (Phi) is 3.03. The maximum absolute atomic E-state index is 10.4. The largest absolute Gasteiger partial charge is 0.505 e. The van der Waals surface area contributed by atoms with E-state index < -0.39 is 0 Å². The number of hydrogen-bond donors (Lipinski definition) is 1. The zero-order valence-electron chi connectivity index (χ0n) is 11.5. The summed E-state index contributed by atoms with van der Waals surface area (Å²) in [5.74, 6) is 0.292. The summed E-state index contributed by atoms with van der Waals surface area (Å²) in [6.45, 7) is 1.92. The van der Waals surface area contributed by atoms with Crippen molar-refractivity contribution < 1.29 is 5.11 Å². The standard InChI is InChI=1S/C17H16N2O/c1-12(18-13-8-4-3-5-9-13)16-17(20)14-10-6-7-11-15(14)19(16)2/h3-11,20H,1-2H3. The lowest BCUT2D eigenvalue weighted by Gasteiger charge is -2.04. The number of aromatic hydroxyl groups is 1. The molecule has 0 fully saturated rings. The molecule has 0 aliphatic heterocycles. The highest BCUT2D eigenvalue weighted by molar-refractivity contribution is 6.07. The molecular formula is C17H16N2O. The van der Waals surface area contributed by atoms with Crippen LogP contribution in [0.5, 0.6) is 5.75 Å². The molecule has 3 nitrogen and oxygen atoms in total. The smallest absolute Gasteiger partial charge is 0.150 e.